The van der Waals surface area contributed by atoms with E-state index in [1.54, 1.807) is 28.6 Å². The molecular formula is C13H15N3O3. The van der Waals surface area contributed by atoms with Crippen LogP contribution in [0.25, 0.3) is 10.9 Å². The Labute approximate surface area is 109 Å². The molecule has 0 saturated heterocycles. The van der Waals surface area contributed by atoms with Gasteiger partial charge in [-0.25, -0.2) is 4.79 Å². The average molecular weight is 261 g/mol. The quantitative estimate of drug-likeness (QED) is 0.869. The van der Waals surface area contributed by atoms with Gasteiger partial charge < -0.3 is 14.2 Å². The molecule has 0 radical (unpaired) electrons. The van der Waals surface area contributed by atoms with Crippen molar-refractivity contribution in [2.75, 3.05) is 5.32 Å². The molecule has 2 heterocycles. The molecule has 19 heavy (non-hydrogen) atoms. The third kappa shape index (κ3) is 1.80. The topological polar surface area (TPSA) is 76.3 Å². The van der Waals surface area contributed by atoms with Gasteiger partial charge in [-0.3, -0.25) is 10.1 Å². The van der Waals surface area contributed by atoms with Gasteiger partial charge in [-0.1, -0.05) is 0 Å². The highest BCUT2D eigenvalue weighted by atomic mass is 16.4. The van der Waals surface area contributed by atoms with Crippen molar-refractivity contribution in [1.29, 1.82) is 0 Å². The molecule has 1 saturated carbocycles. The van der Waals surface area contributed by atoms with E-state index in [0.29, 0.717) is 11.1 Å². The number of rotatable bonds is 2. The molecule has 100 valence electrons. The Hall–Kier alpha value is -2.24. The second kappa shape index (κ2) is 4.15. The lowest BCUT2D eigenvalue weighted by atomic mass is 9.93. The first-order valence-corrected chi connectivity index (χ1v) is 6.28. The van der Waals surface area contributed by atoms with E-state index in [9.17, 15) is 9.59 Å². The molecular weight excluding hydrogens is 246 g/mol. The molecule has 2 N–H and O–H groups in total. The number of pyridine rings is 1. The predicted molar refractivity (Wildman–Crippen MR) is 71.7 cm³/mol. The summed E-state index contributed by atoms with van der Waals surface area (Å²) in [6.45, 7) is 0. The van der Waals surface area contributed by atoms with E-state index in [2.05, 4.69) is 5.32 Å². The maximum Gasteiger partial charge on any atom is 0.409 e. The zero-order chi connectivity index (χ0) is 13.6. The molecule has 1 fully saturated rings. The van der Waals surface area contributed by atoms with Gasteiger partial charge in [0.2, 0.25) is 0 Å². The number of amides is 1. The standard InChI is InChI=1S/C13H15N3O3/c1-15-7-9(14-13(18)19)11-10(15)5-6-16(12(11)17)8-3-2-4-8/h5-8,14H,2-4H2,1H3,(H,18,19). The number of anilines is 1. The van der Waals surface area contributed by atoms with Crippen LogP contribution in [-0.4, -0.2) is 20.3 Å². The molecule has 6 nitrogen and oxygen atoms in total. The first kappa shape index (κ1) is 11.8. The molecule has 6 heteroatoms. The largest absolute Gasteiger partial charge is 0.465 e. The predicted octanol–water partition coefficient (Wildman–Crippen LogP) is 2.15. The van der Waals surface area contributed by atoms with E-state index in [0.717, 1.165) is 24.8 Å². The van der Waals surface area contributed by atoms with Gasteiger partial charge in [-0.2, -0.15) is 0 Å². The number of aromatic nitrogens is 2. The second-order valence-electron chi connectivity index (χ2n) is 4.96. The molecule has 0 aliphatic heterocycles. The van der Waals surface area contributed by atoms with Crippen molar-refractivity contribution in [3.05, 3.63) is 28.8 Å². The van der Waals surface area contributed by atoms with Crippen molar-refractivity contribution in [3.63, 3.8) is 0 Å². The minimum atomic E-state index is -1.16. The Morgan fingerprint density at radius 2 is 2.21 bits per heavy atom. The fourth-order valence-corrected chi connectivity index (χ4v) is 2.58. The monoisotopic (exact) mass is 261 g/mol. The van der Waals surface area contributed by atoms with Crippen molar-refractivity contribution in [2.24, 2.45) is 7.05 Å². The van der Waals surface area contributed by atoms with E-state index >= 15 is 0 Å². The number of nitrogens with one attached hydrogen (secondary N) is 1. The summed E-state index contributed by atoms with van der Waals surface area (Å²) in [5, 5.41) is 11.6. The highest BCUT2D eigenvalue weighted by Gasteiger charge is 2.22. The number of hydrogen-bond donors (Lipinski definition) is 2. The zero-order valence-electron chi connectivity index (χ0n) is 10.6. The van der Waals surface area contributed by atoms with Gasteiger partial charge in [0, 0.05) is 25.5 Å². The maximum atomic E-state index is 12.5. The van der Waals surface area contributed by atoms with Gasteiger partial charge in [0.05, 0.1) is 16.6 Å². The van der Waals surface area contributed by atoms with Crippen LogP contribution in [0.5, 0.6) is 0 Å². The lowest BCUT2D eigenvalue weighted by molar-refractivity contribution is 0.210. The Balaban J connectivity index is 2.21. The van der Waals surface area contributed by atoms with Gasteiger partial charge in [-0.15, -0.1) is 0 Å². The highest BCUT2D eigenvalue weighted by molar-refractivity contribution is 5.98. The van der Waals surface area contributed by atoms with Crippen molar-refractivity contribution >= 4 is 22.7 Å². The number of carbonyl (C=O) groups is 1. The highest BCUT2D eigenvalue weighted by Crippen LogP contribution is 2.31. The van der Waals surface area contributed by atoms with Gasteiger partial charge in [0.15, 0.2) is 0 Å². The molecule has 1 aliphatic rings. The van der Waals surface area contributed by atoms with Crippen molar-refractivity contribution in [3.8, 4) is 0 Å². The van der Waals surface area contributed by atoms with E-state index in [-0.39, 0.29) is 11.6 Å². The first-order valence-electron chi connectivity index (χ1n) is 6.28. The summed E-state index contributed by atoms with van der Waals surface area (Å²) >= 11 is 0. The minimum Gasteiger partial charge on any atom is -0.465 e. The van der Waals surface area contributed by atoms with E-state index in [1.807, 2.05) is 6.07 Å². The van der Waals surface area contributed by atoms with Crippen LogP contribution < -0.4 is 10.9 Å². The number of hydrogen-bond acceptors (Lipinski definition) is 2. The van der Waals surface area contributed by atoms with Gasteiger partial charge in [-0.05, 0) is 25.3 Å². The summed E-state index contributed by atoms with van der Waals surface area (Å²) in [4.78, 5) is 23.3. The SMILES string of the molecule is Cn1cc(NC(=O)O)c2c(=O)n(C3CCC3)ccc21. The molecule has 3 rings (SSSR count). The summed E-state index contributed by atoms with van der Waals surface area (Å²) in [5.41, 5.74) is 0.972. The number of nitrogens with zero attached hydrogens (tertiary/aromatic N) is 2. The number of carboxylic acid groups (broad SMARTS) is 1. The van der Waals surface area contributed by atoms with Crippen molar-refractivity contribution in [1.82, 2.24) is 9.13 Å². The maximum absolute atomic E-state index is 12.5. The molecule has 1 amide bonds. The molecule has 0 spiro atoms. The van der Waals surface area contributed by atoms with Gasteiger partial charge in [0.25, 0.3) is 5.56 Å². The van der Waals surface area contributed by atoms with Crippen LogP contribution in [0.1, 0.15) is 25.3 Å². The zero-order valence-corrected chi connectivity index (χ0v) is 10.6. The molecule has 0 aromatic carbocycles. The van der Waals surface area contributed by atoms with Gasteiger partial charge >= 0.3 is 6.09 Å². The lowest BCUT2D eigenvalue weighted by Crippen LogP contribution is -2.28. The van der Waals surface area contributed by atoms with Crippen LogP contribution >= 0.6 is 0 Å². The third-order valence-electron chi connectivity index (χ3n) is 3.78. The molecule has 1 aliphatic carbocycles. The normalized spacial score (nSPS) is 15.4. The summed E-state index contributed by atoms with van der Waals surface area (Å²) in [6.07, 6.45) is 5.44. The van der Waals surface area contributed by atoms with E-state index in [4.69, 9.17) is 5.11 Å². The first-order chi connectivity index (χ1) is 9.08. The summed E-state index contributed by atoms with van der Waals surface area (Å²) in [7, 11) is 1.79. The van der Waals surface area contributed by atoms with Crippen molar-refractivity contribution < 1.29 is 9.90 Å². The summed E-state index contributed by atoms with van der Waals surface area (Å²) in [5.74, 6) is 0. The van der Waals surface area contributed by atoms with Gasteiger partial charge in [0.1, 0.15) is 0 Å². The van der Waals surface area contributed by atoms with Crippen LogP contribution in [0.2, 0.25) is 0 Å². The second-order valence-corrected chi connectivity index (χ2v) is 4.96. The van der Waals surface area contributed by atoms with Crippen LogP contribution in [-0.2, 0) is 7.05 Å². The van der Waals surface area contributed by atoms with E-state index in [1.165, 1.54) is 0 Å². The minimum absolute atomic E-state index is 0.119. The Kier molecular flexibility index (Phi) is 2.58. The third-order valence-corrected chi connectivity index (χ3v) is 3.78. The van der Waals surface area contributed by atoms with Crippen LogP contribution in [0.4, 0.5) is 10.5 Å². The molecule has 0 atom stereocenters. The van der Waals surface area contributed by atoms with Crippen LogP contribution in [0.15, 0.2) is 23.3 Å². The Bertz CT molecular complexity index is 710. The van der Waals surface area contributed by atoms with Crippen LogP contribution in [0, 0.1) is 0 Å². The molecule has 2 aromatic rings. The van der Waals surface area contributed by atoms with Crippen molar-refractivity contribution in [2.45, 2.75) is 25.3 Å². The summed E-state index contributed by atoms with van der Waals surface area (Å²) in [6, 6.07) is 2.12. The fraction of sp³-hybridized carbons (Fsp3) is 0.385. The number of fused-ring (bicyclic) bond motifs is 1. The Morgan fingerprint density at radius 3 is 2.79 bits per heavy atom. The molecule has 0 bridgehead atoms. The summed E-state index contributed by atoms with van der Waals surface area (Å²) < 4.78 is 3.48. The lowest BCUT2D eigenvalue weighted by Gasteiger charge is -2.27. The average Bonchev–Trinajstić information content (AvgIpc) is 2.56. The number of aryl methyl sites for hydroxylation is 1. The van der Waals surface area contributed by atoms with E-state index < -0.39 is 6.09 Å². The molecule has 0 unspecified atom stereocenters. The Morgan fingerprint density at radius 1 is 1.47 bits per heavy atom. The smallest absolute Gasteiger partial charge is 0.409 e. The molecule has 2 aromatic heterocycles. The van der Waals surface area contributed by atoms with Crippen LogP contribution in [0.3, 0.4) is 0 Å². The fourth-order valence-electron chi connectivity index (χ4n) is 2.58.